The van der Waals surface area contributed by atoms with Crippen LogP contribution in [0.2, 0.25) is 0 Å². The standard InChI is InChI=1S/C17H28N2O2/c1-13(2)19(12-15-6-4-5-9-18-15)11-14-7-8-17(21-3)16(20)10-14/h7-8,10,13,15,18,20H,4-6,9,11-12H2,1-3H3. The molecule has 1 aliphatic rings. The van der Waals surface area contributed by atoms with Crippen LogP contribution in [-0.4, -0.2) is 42.3 Å². The number of ether oxygens (including phenoxy) is 1. The fraction of sp³-hybridized carbons (Fsp3) is 0.647. The number of methoxy groups -OCH3 is 1. The van der Waals surface area contributed by atoms with Crippen molar-refractivity contribution < 1.29 is 9.84 Å². The van der Waals surface area contributed by atoms with Crippen LogP contribution in [0.5, 0.6) is 11.5 Å². The molecule has 1 aliphatic heterocycles. The lowest BCUT2D eigenvalue weighted by Crippen LogP contribution is -2.45. The Hall–Kier alpha value is -1.26. The summed E-state index contributed by atoms with van der Waals surface area (Å²) in [6.07, 6.45) is 3.88. The van der Waals surface area contributed by atoms with Crippen molar-refractivity contribution in [3.63, 3.8) is 0 Å². The molecule has 2 N–H and O–H groups in total. The monoisotopic (exact) mass is 292 g/mol. The Morgan fingerprint density at radius 3 is 2.76 bits per heavy atom. The fourth-order valence-corrected chi connectivity index (χ4v) is 2.89. The minimum Gasteiger partial charge on any atom is -0.504 e. The molecule has 1 atom stereocenters. The molecule has 1 saturated heterocycles. The van der Waals surface area contributed by atoms with Crippen molar-refractivity contribution in [1.29, 1.82) is 0 Å². The SMILES string of the molecule is COc1ccc(CN(CC2CCCCN2)C(C)C)cc1O. The molecule has 118 valence electrons. The zero-order chi connectivity index (χ0) is 15.2. The number of piperidine rings is 1. The van der Waals surface area contributed by atoms with Crippen molar-refractivity contribution in [2.75, 3.05) is 20.2 Å². The van der Waals surface area contributed by atoms with Gasteiger partial charge in [-0.2, -0.15) is 0 Å². The summed E-state index contributed by atoms with van der Waals surface area (Å²) in [6.45, 7) is 7.51. The van der Waals surface area contributed by atoms with Gasteiger partial charge in [-0.25, -0.2) is 0 Å². The van der Waals surface area contributed by atoms with Gasteiger partial charge in [0.15, 0.2) is 11.5 Å². The number of aromatic hydroxyl groups is 1. The van der Waals surface area contributed by atoms with Gasteiger partial charge < -0.3 is 15.2 Å². The number of hydrogen-bond acceptors (Lipinski definition) is 4. The van der Waals surface area contributed by atoms with Gasteiger partial charge in [0.05, 0.1) is 7.11 Å². The van der Waals surface area contributed by atoms with Crippen LogP contribution >= 0.6 is 0 Å². The molecule has 2 rings (SSSR count). The zero-order valence-electron chi connectivity index (χ0n) is 13.4. The van der Waals surface area contributed by atoms with E-state index in [4.69, 9.17) is 4.74 Å². The molecule has 0 saturated carbocycles. The average Bonchev–Trinajstić information content (AvgIpc) is 2.48. The van der Waals surface area contributed by atoms with E-state index >= 15 is 0 Å². The highest BCUT2D eigenvalue weighted by Crippen LogP contribution is 2.27. The maximum atomic E-state index is 9.91. The number of rotatable bonds is 6. The van der Waals surface area contributed by atoms with Crippen molar-refractivity contribution >= 4 is 0 Å². The quantitative estimate of drug-likeness (QED) is 0.846. The Morgan fingerprint density at radius 1 is 1.38 bits per heavy atom. The molecule has 1 aromatic rings. The Balaban J connectivity index is 2.00. The summed E-state index contributed by atoms with van der Waals surface area (Å²) in [5.41, 5.74) is 1.12. The molecule has 4 nitrogen and oxygen atoms in total. The van der Waals surface area contributed by atoms with E-state index in [9.17, 15) is 5.11 Å². The van der Waals surface area contributed by atoms with Crippen molar-refractivity contribution in [2.45, 2.75) is 51.7 Å². The van der Waals surface area contributed by atoms with Gasteiger partial charge in [0, 0.05) is 25.2 Å². The lowest BCUT2D eigenvalue weighted by Gasteiger charge is -2.33. The molecule has 4 heteroatoms. The van der Waals surface area contributed by atoms with E-state index in [1.807, 2.05) is 18.2 Å². The lowest BCUT2D eigenvalue weighted by molar-refractivity contribution is 0.177. The van der Waals surface area contributed by atoms with Gasteiger partial charge in [-0.15, -0.1) is 0 Å². The van der Waals surface area contributed by atoms with E-state index in [1.54, 1.807) is 7.11 Å². The van der Waals surface area contributed by atoms with E-state index in [1.165, 1.54) is 19.3 Å². The van der Waals surface area contributed by atoms with Crippen molar-refractivity contribution in [2.24, 2.45) is 0 Å². The van der Waals surface area contributed by atoms with Crippen LogP contribution in [0.25, 0.3) is 0 Å². The first-order chi connectivity index (χ1) is 10.1. The highest BCUT2D eigenvalue weighted by atomic mass is 16.5. The molecule has 0 aromatic heterocycles. The van der Waals surface area contributed by atoms with Crippen LogP contribution in [-0.2, 0) is 6.54 Å². The van der Waals surface area contributed by atoms with Gasteiger partial charge in [-0.1, -0.05) is 12.5 Å². The number of nitrogens with zero attached hydrogens (tertiary/aromatic N) is 1. The minimum absolute atomic E-state index is 0.217. The first-order valence-electron chi connectivity index (χ1n) is 7.93. The van der Waals surface area contributed by atoms with Crippen molar-refractivity contribution in [3.8, 4) is 11.5 Å². The summed E-state index contributed by atoms with van der Waals surface area (Å²) in [5.74, 6) is 0.748. The largest absolute Gasteiger partial charge is 0.504 e. The second-order valence-corrected chi connectivity index (χ2v) is 6.18. The summed E-state index contributed by atoms with van der Waals surface area (Å²) in [4.78, 5) is 2.46. The molecule has 0 amide bonds. The van der Waals surface area contributed by atoms with Gasteiger partial charge in [0.1, 0.15) is 0 Å². The third-order valence-corrected chi connectivity index (χ3v) is 4.23. The highest BCUT2D eigenvalue weighted by molar-refractivity contribution is 5.41. The van der Waals surface area contributed by atoms with E-state index in [0.717, 1.165) is 25.2 Å². The molecular weight excluding hydrogens is 264 g/mol. The second-order valence-electron chi connectivity index (χ2n) is 6.18. The Kier molecular flexibility index (Phi) is 5.88. The molecule has 1 unspecified atom stereocenters. The van der Waals surface area contributed by atoms with Gasteiger partial charge in [0.25, 0.3) is 0 Å². The average molecular weight is 292 g/mol. The van der Waals surface area contributed by atoms with Crippen LogP contribution < -0.4 is 10.1 Å². The van der Waals surface area contributed by atoms with Gasteiger partial charge in [-0.05, 0) is 50.9 Å². The number of benzene rings is 1. The Labute approximate surface area is 128 Å². The number of phenols is 1. The lowest BCUT2D eigenvalue weighted by atomic mass is 10.0. The molecule has 1 aromatic carbocycles. The van der Waals surface area contributed by atoms with Crippen LogP contribution in [0.15, 0.2) is 18.2 Å². The smallest absolute Gasteiger partial charge is 0.160 e. The maximum Gasteiger partial charge on any atom is 0.160 e. The third-order valence-electron chi connectivity index (χ3n) is 4.23. The first-order valence-corrected chi connectivity index (χ1v) is 7.93. The number of nitrogens with one attached hydrogen (secondary N) is 1. The second kappa shape index (κ2) is 7.66. The molecule has 0 bridgehead atoms. The molecule has 0 aliphatic carbocycles. The van der Waals surface area contributed by atoms with Gasteiger partial charge in [0.2, 0.25) is 0 Å². The molecule has 0 spiro atoms. The molecule has 21 heavy (non-hydrogen) atoms. The first kappa shape index (κ1) is 16.1. The zero-order valence-corrected chi connectivity index (χ0v) is 13.4. The summed E-state index contributed by atoms with van der Waals surface area (Å²) in [5, 5.41) is 13.5. The van der Waals surface area contributed by atoms with E-state index in [-0.39, 0.29) is 5.75 Å². The fourth-order valence-electron chi connectivity index (χ4n) is 2.89. The summed E-state index contributed by atoms with van der Waals surface area (Å²) >= 11 is 0. The van der Waals surface area contributed by atoms with Crippen LogP contribution in [0, 0.1) is 0 Å². The predicted molar refractivity (Wildman–Crippen MR) is 85.8 cm³/mol. The van der Waals surface area contributed by atoms with Crippen molar-refractivity contribution in [1.82, 2.24) is 10.2 Å². The van der Waals surface area contributed by atoms with Crippen LogP contribution in [0.4, 0.5) is 0 Å². The highest BCUT2D eigenvalue weighted by Gasteiger charge is 2.19. The molecule has 1 heterocycles. The van der Waals surface area contributed by atoms with Crippen LogP contribution in [0.3, 0.4) is 0 Å². The summed E-state index contributed by atoms with van der Waals surface area (Å²) in [6, 6.07) is 6.75. The Bertz CT molecular complexity index is 442. The minimum atomic E-state index is 0.217. The normalized spacial score (nSPS) is 19.2. The summed E-state index contributed by atoms with van der Waals surface area (Å²) < 4.78 is 5.10. The van der Waals surface area contributed by atoms with E-state index in [0.29, 0.717) is 17.8 Å². The Morgan fingerprint density at radius 2 is 2.19 bits per heavy atom. The molecular formula is C17H28N2O2. The van der Waals surface area contributed by atoms with Crippen molar-refractivity contribution in [3.05, 3.63) is 23.8 Å². The summed E-state index contributed by atoms with van der Waals surface area (Å²) in [7, 11) is 1.57. The van der Waals surface area contributed by atoms with Gasteiger partial charge in [-0.3, -0.25) is 4.90 Å². The number of phenolic OH excluding ortho intramolecular Hbond substituents is 1. The van der Waals surface area contributed by atoms with E-state index < -0.39 is 0 Å². The number of hydrogen-bond donors (Lipinski definition) is 2. The third kappa shape index (κ3) is 4.61. The van der Waals surface area contributed by atoms with Crippen LogP contribution in [0.1, 0.15) is 38.7 Å². The molecule has 0 radical (unpaired) electrons. The predicted octanol–water partition coefficient (Wildman–Crippen LogP) is 2.75. The maximum absolute atomic E-state index is 9.91. The molecule has 1 fully saturated rings. The van der Waals surface area contributed by atoms with Gasteiger partial charge >= 0.3 is 0 Å². The topological polar surface area (TPSA) is 44.7 Å². The van der Waals surface area contributed by atoms with E-state index in [2.05, 4.69) is 24.1 Å².